The second-order valence-electron chi connectivity index (χ2n) is 5.88. The number of aromatic nitrogens is 2. The number of fused-ring (bicyclic) bond motifs is 1. The van der Waals surface area contributed by atoms with Crippen LogP contribution in [0.4, 0.5) is 11.8 Å². The standard InChI is InChI=1S/C16H24N4S/c1-4-12-9-13-14(20-8-6-7-11(3)10-20)18-16(17-5-2)19-15(13)21-12/h9,11H,4-8,10H2,1-3H3,(H,17,18,19). The van der Waals surface area contributed by atoms with Gasteiger partial charge in [-0.25, -0.2) is 4.98 Å². The van der Waals surface area contributed by atoms with Crippen LogP contribution in [0, 0.1) is 5.92 Å². The van der Waals surface area contributed by atoms with Gasteiger partial charge in [-0.1, -0.05) is 13.8 Å². The Morgan fingerprint density at radius 3 is 2.95 bits per heavy atom. The molecule has 0 radical (unpaired) electrons. The zero-order valence-electron chi connectivity index (χ0n) is 13.1. The molecule has 21 heavy (non-hydrogen) atoms. The first-order valence-electron chi connectivity index (χ1n) is 8.00. The molecule has 0 aliphatic carbocycles. The Morgan fingerprint density at radius 1 is 1.38 bits per heavy atom. The summed E-state index contributed by atoms with van der Waals surface area (Å²) >= 11 is 1.80. The van der Waals surface area contributed by atoms with Gasteiger partial charge in [-0.2, -0.15) is 4.98 Å². The number of thiophene rings is 1. The van der Waals surface area contributed by atoms with E-state index in [1.54, 1.807) is 11.3 Å². The van der Waals surface area contributed by atoms with E-state index in [0.29, 0.717) is 0 Å². The molecule has 5 heteroatoms. The summed E-state index contributed by atoms with van der Waals surface area (Å²) < 4.78 is 0. The molecule has 0 aromatic carbocycles. The highest BCUT2D eigenvalue weighted by atomic mass is 32.1. The Bertz CT molecular complexity index is 622. The first kappa shape index (κ1) is 14.6. The predicted octanol–water partition coefficient (Wildman–Crippen LogP) is 3.92. The van der Waals surface area contributed by atoms with Gasteiger partial charge in [-0.15, -0.1) is 11.3 Å². The lowest BCUT2D eigenvalue weighted by Crippen LogP contribution is -2.35. The van der Waals surface area contributed by atoms with Crippen molar-refractivity contribution < 1.29 is 0 Å². The van der Waals surface area contributed by atoms with Gasteiger partial charge in [-0.3, -0.25) is 0 Å². The Hall–Kier alpha value is -1.36. The van der Waals surface area contributed by atoms with Crippen molar-refractivity contribution in [3.05, 3.63) is 10.9 Å². The maximum absolute atomic E-state index is 4.81. The molecule has 1 fully saturated rings. The van der Waals surface area contributed by atoms with Gasteiger partial charge in [0.15, 0.2) is 0 Å². The highest BCUT2D eigenvalue weighted by molar-refractivity contribution is 7.18. The topological polar surface area (TPSA) is 41.1 Å². The number of nitrogens with one attached hydrogen (secondary N) is 1. The van der Waals surface area contributed by atoms with Gasteiger partial charge in [0.2, 0.25) is 5.95 Å². The molecule has 0 spiro atoms. The maximum atomic E-state index is 4.81. The molecular weight excluding hydrogens is 280 g/mol. The van der Waals surface area contributed by atoms with Gasteiger partial charge in [0.1, 0.15) is 10.6 Å². The van der Waals surface area contributed by atoms with Gasteiger partial charge in [0.25, 0.3) is 0 Å². The van der Waals surface area contributed by atoms with E-state index in [1.165, 1.54) is 23.1 Å². The van der Waals surface area contributed by atoms with Crippen molar-refractivity contribution >= 4 is 33.3 Å². The van der Waals surface area contributed by atoms with Gasteiger partial charge in [-0.05, 0) is 38.2 Å². The summed E-state index contributed by atoms with van der Waals surface area (Å²) in [5, 5.41) is 4.50. The lowest BCUT2D eigenvalue weighted by atomic mass is 10.0. The lowest BCUT2D eigenvalue weighted by molar-refractivity contribution is 0.445. The number of rotatable bonds is 4. The monoisotopic (exact) mass is 304 g/mol. The zero-order chi connectivity index (χ0) is 14.8. The van der Waals surface area contributed by atoms with Crippen molar-refractivity contribution in [3.63, 3.8) is 0 Å². The zero-order valence-corrected chi connectivity index (χ0v) is 14.0. The fourth-order valence-electron chi connectivity index (χ4n) is 2.99. The van der Waals surface area contributed by atoms with Crippen molar-refractivity contribution in [2.24, 2.45) is 5.92 Å². The number of hydrogen-bond donors (Lipinski definition) is 1. The highest BCUT2D eigenvalue weighted by Crippen LogP contribution is 2.34. The Morgan fingerprint density at radius 2 is 2.24 bits per heavy atom. The van der Waals surface area contributed by atoms with E-state index in [2.05, 4.69) is 42.0 Å². The molecule has 1 atom stereocenters. The summed E-state index contributed by atoms with van der Waals surface area (Å²) in [6, 6.07) is 2.28. The Balaban J connectivity index is 2.06. The molecule has 2 aromatic heterocycles. The van der Waals surface area contributed by atoms with Gasteiger partial charge in [0, 0.05) is 24.5 Å². The first-order chi connectivity index (χ1) is 10.2. The fourth-order valence-corrected chi connectivity index (χ4v) is 3.95. The second-order valence-corrected chi connectivity index (χ2v) is 6.99. The SMILES string of the molecule is CCNc1nc(N2CCCC(C)C2)c2cc(CC)sc2n1. The van der Waals surface area contributed by atoms with Gasteiger partial charge in [0.05, 0.1) is 5.39 Å². The molecule has 1 unspecified atom stereocenters. The van der Waals surface area contributed by atoms with Crippen LogP contribution in [-0.2, 0) is 6.42 Å². The van der Waals surface area contributed by atoms with Gasteiger partial charge < -0.3 is 10.2 Å². The Labute approximate surface area is 130 Å². The molecule has 0 amide bonds. The minimum absolute atomic E-state index is 0.746. The normalized spacial score (nSPS) is 19.2. The fraction of sp³-hybridized carbons (Fsp3) is 0.625. The van der Waals surface area contributed by atoms with Crippen LogP contribution < -0.4 is 10.2 Å². The maximum Gasteiger partial charge on any atom is 0.226 e. The molecule has 2 aromatic rings. The Kier molecular flexibility index (Phi) is 4.29. The summed E-state index contributed by atoms with van der Waals surface area (Å²) in [7, 11) is 0. The molecule has 1 aliphatic heterocycles. The number of anilines is 2. The summed E-state index contributed by atoms with van der Waals surface area (Å²) in [6.07, 6.45) is 3.65. The third-order valence-corrected chi connectivity index (χ3v) is 5.24. The van der Waals surface area contributed by atoms with Crippen molar-refractivity contribution in [1.29, 1.82) is 0 Å². The van der Waals surface area contributed by atoms with E-state index < -0.39 is 0 Å². The quantitative estimate of drug-likeness (QED) is 0.929. The molecule has 0 saturated carbocycles. The molecule has 3 heterocycles. The van der Waals surface area contributed by atoms with Crippen LogP contribution in [-0.4, -0.2) is 29.6 Å². The molecule has 3 rings (SSSR count). The van der Waals surface area contributed by atoms with Crippen LogP contribution >= 0.6 is 11.3 Å². The minimum atomic E-state index is 0.746. The van der Waals surface area contributed by atoms with E-state index in [9.17, 15) is 0 Å². The van der Waals surface area contributed by atoms with E-state index in [1.807, 2.05) is 0 Å². The van der Waals surface area contributed by atoms with Crippen molar-refractivity contribution in [2.75, 3.05) is 29.9 Å². The van der Waals surface area contributed by atoms with Crippen molar-refractivity contribution in [2.45, 2.75) is 40.0 Å². The van der Waals surface area contributed by atoms with Crippen LogP contribution in [0.25, 0.3) is 10.2 Å². The van der Waals surface area contributed by atoms with Crippen LogP contribution in [0.1, 0.15) is 38.5 Å². The van der Waals surface area contributed by atoms with E-state index >= 15 is 0 Å². The second kappa shape index (κ2) is 6.18. The van der Waals surface area contributed by atoms with E-state index in [-0.39, 0.29) is 0 Å². The minimum Gasteiger partial charge on any atom is -0.356 e. The van der Waals surface area contributed by atoms with Crippen molar-refractivity contribution in [1.82, 2.24) is 9.97 Å². The molecule has 0 bridgehead atoms. The number of piperidine rings is 1. The third kappa shape index (κ3) is 2.98. The molecule has 4 nitrogen and oxygen atoms in total. The first-order valence-corrected chi connectivity index (χ1v) is 8.82. The molecule has 1 N–H and O–H groups in total. The van der Waals surface area contributed by atoms with Crippen molar-refractivity contribution in [3.8, 4) is 0 Å². The summed E-state index contributed by atoms with van der Waals surface area (Å²) in [6.45, 7) is 9.69. The number of nitrogens with zero attached hydrogens (tertiary/aromatic N) is 3. The largest absolute Gasteiger partial charge is 0.356 e. The van der Waals surface area contributed by atoms with E-state index in [0.717, 1.165) is 48.6 Å². The average Bonchev–Trinajstić information content (AvgIpc) is 2.90. The molecular formula is C16H24N4S. The average molecular weight is 304 g/mol. The molecule has 1 aliphatic rings. The predicted molar refractivity (Wildman–Crippen MR) is 91.6 cm³/mol. The third-order valence-electron chi connectivity index (χ3n) is 4.06. The van der Waals surface area contributed by atoms with Gasteiger partial charge >= 0.3 is 0 Å². The molecule has 1 saturated heterocycles. The number of aryl methyl sites for hydroxylation is 1. The molecule has 114 valence electrons. The van der Waals surface area contributed by atoms with E-state index in [4.69, 9.17) is 4.98 Å². The summed E-state index contributed by atoms with van der Waals surface area (Å²) in [5.41, 5.74) is 0. The lowest BCUT2D eigenvalue weighted by Gasteiger charge is -2.32. The number of hydrogen-bond acceptors (Lipinski definition) is 5. The summed E-state index contributed by atoms with van der Waals surface area (Å²) in [4.78, 5) is 14.4. The van der Waals surface area contributed by atoms with Crippen LogP contribution in [0.3, 0.4) is 0 Å². The van der Waals surface area contributed by atoms with Crippen LogP contribution in [0.15, 0.2) is 6.07 Å². The smallest absolute Gasteiger partial charge is 0.226 e. The van der Waals surface area contributed by atoms with Crippen LogP contribution in [0.2, 0.25) is 0 Å². The summed E-state index contributed by atoms with van der Waals surface area (Å²) in [5.74, 6) is 2.64. The van der Waals surface area contributed by atoms with Crippen LogP contribution in [0.5, 0.6) is 0 Å². The highest BCUT2D eigenvalue weighted by Gasteiger charge is 2.21.